The van der Waals surface area contributed by atoms with Crippen molar-refractivity contribution in [3.63, 3.8) is 0 Å². The number of nitrogens with zero attached hydrogens (tertiary/aromatic N) is 1. The summed E-state index contributed by atoms with van der Waals surface area (Å²) in [6, 6.07) is 10.2. The van der Waals surface area contributed by atoms with Gasteiger partial charge < -0.3 is 4.42 Å². The fourth-order valence-electron chi connectivity index (χ4n) is 2.25. The Bertz CT molecular complexity index is 921. The maximum atomic E-state index is 12.5. The highest BCUT2D eigenvalue weighted by Gasteiger charge is 2.16. The Kier molecular flexibility index (Phi) is 3.18. The first kappa shape index (κ1) is 13.6. The van der Waals surface area contributed by atoms with E-state index >= 15 is 0 Å². The van der Waals surface area contributed by atoms with E-state index in [4.69, 9.17) is 16.0 Å². The highest BCUT2D eigenvalue weighted by atomic mass is 35.5. The van der Waals surface area contributed by atoms with Crippen molar-refractivity contribution < 1.29 is 9.21 Å². The number of hydrogen-bond donors (Lipinski definition) is 0. The summed E-state index contributed by atoms with van der Waals surface area (Å²) in [5.41, 5.74) is 2.75. The van der Waals surface area contributed by atoms with Crippen LogP contribution in [0, 0.1) is 6.92 Å². The fourth-order valence-corrected chi connectivity index (χ4v) is 2.47. The molecule has 3 aromatic rings. The number of hydrogen-bond acceptors (Lipinski definition) is 3. The third kappa shape index (κ3) is 2.17. The van der Waals surface area contributed by atoms with Crippen molar-refractivity contribution in [2.75, 3.05) is 0 Å². The molecule has 4 nitrogen and oxygen atoms in total. The molecule has 0 N–H and O–H groups in total. The van der Waals surface area contributed by atoms with Gasteiger partial charge in [-0.1, -0.05) is 23.7 Å². The van der Waals surface area contributed by atoms with Crippen molar-refractivity contribution in [1.29, 1.82) is 0 Å². The number of carbonyl (C=O) groups is 1. The third-order valence-electron chi connectivity index (χ3n) is 3.49. The average Bonchev–Trinajstić information content (AvgIpc) is 2.76. The molecule has 0 aliphatic carbocycles. The first-order chi connectivity index (χ1) is 9.99. The van der Waals surface area contributed by atoms with Gasteiger partial charge >= 0.3 is 5.76 Å². The molecule has 0 atom stereocenters. The van der Waals surface area contributed by atoms with Crippen LogP contribution in [0.15, 0.2) is 45.6 Å². The molecule has 3 rings (SSSR count). The van der Waals surface area contributed by atoms with Crippen LogP contribution in [0.25, 0.3) is 11.1 Å². The number of fused-ring (bicyclic) bond motifs is 1. The molecule has 1 heterocycles. The van der Waals surface area contributed by atoms with Gasteiger partial charge in [-0.3, -0.25) is 9.36 Å². The van der Waals surface area contributed by atoms with Gasteiger partial charge in [-0.15, -0.1) is 0 Å². The van der Waals surface area contributed by atoms with Gasteiger partial charge in [0.25, 0.3) is 0 Å². The Hall–Kier alpha value is -2.33. The van der Waals surface area contributed by atoms with Crippen LogP contribution in [-0.4, -0.2) is 10.4 Å². The molecule has 106 valence electrons. The van der Waals surface area contributed by atoms with Crippen LogP contribution in [-0.2, 0) is 7.05 Å². The lowest BCUT2D eigenvalue weighted by Gasteiger charge is -2.06. The van der Waals surface area contributed by atoms with E-state index < -0.39 is 5.76 Å². The van der Waals surface area contributed by atoms with Gasteiger partial charge in [0, 0.05) is 18.2 Å². The molecule has 0 amide bonds. The van der Waals surface area contributed by atoms with Crippen molar-refractivity contribution in [1.82, 2.24) is 4.57 Å². The molecule has 0 spiro atoms. The Morgan fingerprint density at radius 3 is 2.76 bits per heavy atom. The minimum Gasteiger partial charge on any atom is -0.408 e. The number of rotatable bonds is 2. The van der Waals surface area contributed by atoms with Crippen LogP contribution in [0.4, 0.5) is 0 Å². The van der Waals surface area contributed by atoms with Crippen molar-refractivity contribution >= 4 is 28.5 Å². The minimum atomic E-state index is -0.455. The molecule has 21 heavy (non-hydrogen) atoms. The SMILES string of the molecule is Cc1cccc(C(=O)c2ccc3c(c2)oc(=O)n3C)c1Cl. The number of ketones is 1. The molecule has 2 aromatic carbocycles. The van der Waals surface area contributed by atoms with Gasteiger partial charge in [-0.05, 0) is 36.8 Å². The predicted molar refractivity (Wildman–Crippen MR) is 81.1 cm³/mol. The van der Waals surface area contributed by atoms with Crippen LogP contribution in [0.5, 0.6) is 0 Å². The molecule has 0 radical (unpaired) electrons. The molecule has 0 fully saturated rings. The summed E-state index contributed by atoms with van der Waals surface area (Å²) >= 11 is 6.19. The van der Waals surface area contributed by atoms with Gasteiger partial charge in [0.2, 0.25) is 0 Å². The van der Waals surface area contributed by atoms with E-state index in [-0.39, 0.29) is 5.78 Å². The van der Waals surface area contributed by atoms with E-state index in [9.17, 15) is 9.59 Å². The Labute approximate surface area is 125 Å². The maximum absolute atomic E-state index is 12.5. The summed E-state index contributed by atoms with van der Waals surface area (Å²) in [6.45, 7) is 1.85. The summed E-state index contributed by atoms with van der Waals surface area (Å²) in [5.74, 6) is -0.653. The molecule has 0 unspecified atom stereocenters. The number of carbonyl (C=O) groups excluding carboxylic acids is 1. The van der Waals surface area contributed by atoms with Crippen molar-refractivity contribution in [3.05, 3.63) is 68.7 Å². The zero-order valence-electron chi connectivity index (χ0n) is 11.5. The number of aryl methyl sites for hydroxylation is 2. The average molecular weight is 302 g/mol. The zero-order valence-corrected chi connectivity index (χ0v) is 12.3. The fraction of sp³-hybridized carbons (Fsp3) is 0.125. The highest BCUT2D eigenvalue weighted by Crippen LogP contribution is 2.24. The van der Waals surface area contributed by atoms with E-state index in [0.717, 1.165) is 5.56 Å². The van der Waals surface area contributed by atoms with E-state index in [2.05, 4.69) is 0 Å². The molecule has 5 heteroatoms. The van der Waals surface area contributed by atoms with E-state index in [1.54, 1.807) is 37.4 Å². The quantitative estimate of drug-likeness (QED) is 0.682. The van der Waals surface area contributed by atoms with Crippen LogP contribution in [0.3, 0.4) is 0 Å². The van der Waals surface area contributed by atoms with E-state index in [1.165, 1.54) is 4.57 Å². The smallest absolute Gasteiger partial charge is 0.408 e. The van der Waals surface area contributed by atoms with Crippen molar-refractivity contribution in [2.24, 2.45) is 7.05 Å². The minimum absolute atomic E-state index is 0.197. The lowest BCUT2D eigenvalue weighted by atomic mass is 10.0. The van der Waals surface area contributed by atoms with Crippen molar-refractivity contribution in [3.8, 4) is 0 Å². The first-order valence-corrected chi connectivity index (χ1v) is 6.76. The number of benzene rings is 2. The topological polar surface area (TPSA) is 52.2 Å². The normalized spacial score (nSPS) is 11.0. The van der Waals surface area contributed by atoms with Crippen molar-refractivity contribution in [2.45, 2.75) is 6.92 Å². The molecular weight excluding hydrogens is 290 g/mol. The van der Waals surface area contributed by atoms with Crippen LogP contribution < -0.4 is 5.76 Å². The summed E-state index contributed by atoms with van der Waals surface area (Å²) < 4.78 is 6.49. The number of halogens is 1. The molecule has 0 saturated heterocycles. The van der Waals surface area contributed by atoms with Gasteiger partial charge in [0.05, 0.1) is 10.5 Å². The lowest BCUT2D eigenvalue weighted by molar-refractivity contribution is 0.103. The molecule has 0 aliphatic rings. The first-order valence-electron chi connectivity index (χ1n) is 6.38. The highest BCUT2D eigenvalue weighted by molar-refractivity contribution is 6.35. The van der Waals surface area contributed by atoms with Crippen LogP contribution in [0.1, 0.15) is 21.5 Å². The van der Waals surface area contributed by atoms with Gasteiger partial charge in [0.15, 0.2) is 11.4 Å². The molecule has 0 saturated carbocycles. The second kappa shape index (κ2) is 4.90. The van der Waals surface area contributed by atoms with Gasteiger partial charge in [-0.25, -0.2) is 4.79 Å². The molecule has 0 aliphatic heterocycles. The maximum Gasteiger partial charge on any atom is 0.419 e. The number of aromatic nitrogens is 1. The van der Waals surface area contributed by atoms with E-state index in [0.29, 0.717) is 27.2 Å². The van der Waals surface area contributed by atoms with Crippen LogP contribution in [0.2, 0.25) is 5.02 Å². The molecule has 1 aromatic heterocycles. The Morgan fingerprint density at radius 1 is 1.24 bits per heavy atom. The van der Waals surface area contributed by atoms with E-state index in [1.807, 2.05) is 13.0 Å². The summed E-state index contributed by atoms with van der Waals surface area (Å²) in [7, 11) is 1.62. The largest absolute Gasteiger partial charge is 0.419 e. The Morgan fingerprint density at radius 2 is 2.00 bits per heavy atom. The van der Waals surface area contributed by atoms with Gasteiger partial charge in [-0.2, -0.15) is 0 Å². The second-order valence-corrected chi connectivity index (χ2v) is 5.25. The lowest BCUT2D eigenvalue weighted by Crippen LogP contribution is -2.08. The summed E-state index contributed by atoms with van der Waals surface area (Å²) in [5, 5.41) is 0.442. The Balaban J connectivity index is 2.14. The predicted octanol–water partition coefficient (Wildman–Crippen LogP) is 3.32. The molecule has 0 bridgehead atoms. The monoisotopic (exact) mass is 301 g/mol. The van der Waals surface area contributed by atoms with Crippen LogP contribution >= 0.6 is 11.6 Å². The summed E-state index contributed by atoms with van der Waals surface area (Å²) in [6.07, 6.45) is 0. The third-order valence-corrected chi connectivity index (χ3v) is 3.99. The zero-order chi connectivity index (χ0) is 15.1. The number of oxazole rings is 1. The molecular formula is C16H12ClNO3. The summed E-state index contributed by atoms with van der Waals surface area (Å²) in [4.78, 5) is 24.0. The second-order valence-electron chi connectivity index (χ2n) is 4.88. The van der Waals surface area contributed by atoms with Gasteiger partial charge in [0.1, 0.15) is 0 Å². The standard InChI is InChI=1S/C16H12ClNO3/c1-9-4-3-5-11(14(9)17)15(19)10-6-7-12-13(8-10)21-16(20)18(12)2/h3-8H,1-2H3.